The number of nitrogens with zero attached hydrogens (tertiary/aromatic N) is 2. The summed E-state index contributed by atoms with van der Waals surface area (Å²) in [6, 6.07) is 6.83. The molecule has 0 spiro atoms. The largest absolute Gasteiger partial charge is 0.468 e. The van der Waals surface area contributed by atoms with Gasteiger partial charge in [-0.1, -0.05) is 6.42 Å². The number of nitrogens with one attached hydrogen (secondary N) is 1. The number of amides is 1. The first-order valence-electron chi connectivity index (χ1n) is 8.37. The maximum atomic E-state index is 12.4. The lowest BCUT2D eigenvalue weighted by Crippen LogP contribution is -2.40. The molecule has 128 valence electrons. The molecule has 2 aromatic heterocycles. The number of likely N-dealkylation sites (tertiary alicyclic amines) is 1. The maximum absolute atomic E-state index is 12.4. The van der Waals surface area contributed by atoms with Crippen LogP contribution in [0.2, 0.25) is 0 Å². The van der Waals surface area contributed by atoms with Gasteiger partial charge in [-0.05, 0) is 44.1 Å². The lowest BCUT2D eigenvalue weighted by Gasteiger charge is -2.33. The highest BCUT2D eigenvalue weighted by Gasteiger charge is 2.25. The Morgan fingerprint density at radius 3 is 2.71 bits per heavy atom. The summed E-state index contributed by atoms with van der Waals surface area (Å²) >= 11 is 0. The van der Waals surface area contributed by atoms with E-state index < -0.39 is 0 Å². The van der Waals surface area contributed by atoms with E-state index in [1.165, 1.54) is 29.9 Å². The van der Waals surface area contributed by atoms with Gasteiger partial charge in [0.2, 0.25) is 5.56 Å². The zero-order valence-electron chi connectivity index (χ0n) is 13.9. The van der Waals surface area contributed by atoms with Gasteiger partial charge < -0.3 is 14.3 Å². The first-order chi connectivity index (χ1) is 11.6. The first kappa shape index (κ1) is 16.5. The van der Waals surface area contributed by atoms with E-state index >= 15 is 0 Å². The molecule has 2 aromatic rings. The highest BCUT2D eigenvalue weighted by molar-refractivity contribution is 5.93. The number of piperidine rings is 1. The van der Waals surface area contributed by atoms with Crippen LogP contribution in [0.3, 0.4) is 0 Å². The summed E-state index contributed by atoms with van der Waals surface area (Å²) in [5.41, 5.74) is 0.349. The number of furan rings is 1. The van der Waals surface area contributed by atoms with Crippen LogP contribution in [0.15, 0.2) is 45.9 Å². The molecule has 6 nitrogen and oxygen atoms in total. The topological polar surface area (TPSA) is 67.5 Å². The molecule has 24 heavy (non-hydrogen) atoms. The molecule has 1 atom stereocenters. The molecule has 3 rings (SSSR count). The third-order valence-electron chi connectivity index (χ3n) is 4.51. The predicted molar refractivity (Wildman–Crippen MR) is 90.9 cm³/mol. The van der Waals surface area contributed by atoms with Gasteiger partial charge in [0.25, 0.3) is 5.91 Å². The van der Waals surface area contributed by atoms with Gasteiger partial charge in [-0.2, -0.15) is 0 Å². The summed E-state index contributed by atoms with van der Waals surface area (Å²) in [4.78, 5) is 26.2. The number of aromatic nitrogens is 1. The van der Waals surface area contributed by atoms with Gasteiger partial charge in [0.05, 0.1) is 17.9 Å². The lowest BCUT2D eigenvalue weighted by molar-refractivity contribution is 0.0913. The monoisotopic (exact) mass is 329 g/mol. The molecule has 0 bridgehead atoms. The summed E-state index contributed by atoms with van der Waals surface area (Å²) in [6.45, 7) is 2.51. The molecule has 1 amide bonds. The molecule has 1 aliphatic rings. The van der Waals surface area contributed by atoms with E-state index in [9.17, 15) is 9.59 Å². The van der Waals surface area contributed by atoms with Crippen molar-refractivity contribution < 1.29 is 9.21 Å². The van der Waals surface area contributed by atoms with E-state index in [0.29, 0.717) is 12.1 Å². The van der Waals surface area contributed by atoms with Crippen LogP contribution >= 0.6 is 0 Å². The fourth-order valence-corrected chi connectivity index (χ4v) is 3.14. The summed E-state index contributed by atoms with van der Waals surface area (Å²) in [5, 5.41) is 2.98. The minimum Gasteiger partial charge on any atom is -0.468 e. The van der Waals surface area contributed by atoms with Gasteiger partial charge >= 0.3 is 0 Å². The lowest BCUT2D eigenvalue weighted by atomic mass is 10.1. The molecule has 1 saturated heterocycles. The van der Waals surface area contributed by atoms with Crippen LogP contribution in [-0.2, 0) is 7.05 Å². The molecule has 3 heterocycles. The van der Waals surface area contributed by atoms with Crippen molar-refractivity contribution >= 4 is 5.91 Å². The van der Waals surface area contributed by atoms with E-state index in [1.807, 2.05) is 12.1 Å². The molecule has 0 aliphatic carbocycles. The predicted octanol–water partition coefficient (Wildman–Crippen LogP) is 1.94. The molecule has 0 aromatic carbocycles. The van der Waals surface area contributed by atoms with E-state index in [1.54, 1.807) is 25.6 Å². The zero-order chi connectivity index (χ0) is 16.9. The SMILES string of the molecule is Cn1cc(C(=O)NCC(c2ccco2)N2CCCCC2)ccc1=O. The van der Waals surface area contributed by atoms with Crippen LogP contribution in [0.4, 0.5) is 0 Å². The Morgan fingerprint density at radius 2 is 2.04 bits per heavy atom. The fourth-order valence-electron chi connectivity index (χ4n) is 3.14. The average Bonchev–Trinajstić information content (AvgIpc) is 3.12. The van der Waals surface area contributed by atoms with Gasteiger partial charge in [-0.15, -0.1) is 0 Å². The number of aryl methyl sites for hydroxylation is 1. The van der Waals surface area contributed by atoms with Gasteiger partial charge in [0, 0.05) is 25.9 Å². The Bertz CT molecular complexity index is 730. The second kappa shape index (κ2) is 7.49. The van der Waals surface area contributed by atoms with Crippen molar-refractivity contribution in [2.45, 2.75) is 25.3 Å². The van der Waals surface area contributed by atoms with Gasteiger partial charge in [-0.25, -0.2) is 0 Å². The molecule has 1 N–H and O–H groups in total. The van der Waals surface area contributed by atoms with Crippen LogP contribution in [-0.4, -0.2) is 35.0 Å². The van der Waals surface area contributed by atoms with Crippen LogP contribution in [0.1, 0.15) is 41.4 Å². The molecule has 1 fully saturated rings. The highest BCUT2D eigenvalue weighted by Crippen LogP contribution is 2.24. The molecule has 6 heteroatoms. The third kappa shape index (κ3) is 3.76. The summed E-state index contributed by atoms with van der Waals surface area (Å²) in [5.74, 6) is 0.692. The van der Waals surface area contributed by atoms with Crippen molar-refractivity contribution in [3.05, 3.63) is 58.4 Å². The number of carbonyl (C=O) groups excluding carboxylic acids is 1. The smallest absolute Gasteiger partial charge is 0.252 e. The Labute approximate surface area is 141 Å². The highest BCUT2D eigenvalue weighted by atomic mass is 16.3. The van der Waals surface area contributed by atoms with E-state index in [0.717, 1.165) is 18.8 Å². The second-order valence-corrected chi connectivity index (χ2v) is 6.20. The van der Waals surface area contributed by atoms with Crippen molar-refractivity contribution in [2.75, 3.05) is 19.6 Å². The Hall–Kier alpha value is -2.34. The van der Waals surface area contributed by atoms with Crippen molar-refractivity contribution in [2.24, 2.45) is 7.05 Å². The molecule has 1 aliphatic heterocycles. The zero-order valence-corrected chi connectivity index (χ0v) is 13.9. The Kier molecular flexibility index (Phi) is 5.15. The molecule has 0 radical (unpaired) electrons. The summed E-state index contributed by atoms with van der Waals surface area (Å²) < 4.78 is 6.99. The number of hydrogen-bond acceptors (Lipinski definition) is 4. The van der Waals surface area contributed by atoms with Crippen LogP contribution in [0, 0.1) is 0 Å². The fraction of sp³-hybridized carbons (Fsp3) is 0.444. The van der Waals surface area contributed by atoms with E-state index in [2.05, 4.69) is 10.2 Å². The van der Waals surface area contributed by atoms with Gasteiger partial charge in [0.1, 0.15) is 5.76 Å². The average molecular weight is 329 g/mol. The van der Waals surface area contributed by atoms with Crippen molar-refractivity contribution in [3.8, 4) is 0 Å². The molecular formula is C18H23N3O3. The van der Waals surface area contributed by atoms with Crippen molar-refractivity contribution in [1.29, 1.82) is 0 Å². The van der Waals surface area contributed by atoms with Gasteiger partial charge in [0.15, 0.2) is 0 Å². The minimum atomic E-state index is -0.181. The number of carbonyl (C=O) groups is 1. The summed E-state index contributed by atoms with van der Waals surface area (Å²) in [6.07, 6.45) is 6.82. The number of hydrogen-bond donors (Lipinski definition) is 1. The van der Waals surface area contributed by atoms with Gasteiger partial charge in [-0.3, -0.25) is 14.5 Å². The normalized spacial score (nSPS) is 16.7. The number of rotatable bonds is 5. The Balaban J connectivity index is 1.69. The first-order valence-corrected chi connectivity index (χ1v) is 8.37. The van der Waals surface area contributed by atoms with Crippen molar-refractivity contribution in [3.63, 3.8) is 0 Å². The minimum absolute atomic E-state index is 0.0387. The summed E-state index contributed by atoms with van der Waals surface area (Å²) in [7, 11) is 1.64. The van der Waals surface area contributed by atoms with Crippen LogP contribution in [0.5, 0.6) is 0 Å². The van der Waals surface area contributed by atoms with E-state index in [-0.39, 0.29) is 17.5 Å². The molecule has 1 unspecified atom stereocenters. The third-order valence-corrected chi connectivity index (χ3v) is 4.51. The maximum Gasteiger partial charge on any atom is 0.252 e. The van der Waals surface area contributed by atoms with Crippen LogP contribution in [0.25, 0.3) is 0 Å². The molecular weight excluding hydrogens is 306 g/mol. The number of pyridine rings is 1. The quantitative estimate of drug-likeness (QED) is 0.910. The van der Waals surface area contributed by atoms with Crippen LogP contribution < -0.4 is 10.9 Å². The Morgan fingerprint density at radius 1 is 1.25 bits per heavy atom. The standard InChI is InChI=1S/C18H23N3O3/c1-20-13-14(7-8-17(20)22)18(23)19-12-15(16-6-5-11-24-16)21-9-3-2-4-10-21/h5-8,11,13,15H,2-4,9-10,12H2,1H3,(H,19,23). The second-order valence-electron chi connectivity index (χ2n) is 6.20. The van der Waals surface area contributed by atoms with E-state index in [4.69, 9.17) is 4.42 Å². The van der Waals surface area contributed by atoms with Crippen molar-refractivity contribution in [1.82, 2.24) is 14.8 Å². The molecule has 0 saturated carbocycles.